The Balaban J connectivity index is 1.71. The Morgan fingerprint density at radius 1 is 1.04 bits per heavy atom. The lowest BCUT2D eigenvalue weighted by molar-refractivity contribution is 0.102. The smallest absolute Gasteiger partial charge is 0.274 e. The molecule has 3 rings (SSSR count). The van der Waals surface area contributed by atoms with Crippen LogP contribution in [-0.2, 0) is 0 Å². The van der Waals surface area contributed by atoms with E-state index >= 15 is 0 Å². The minimum Gasteiger partial charge on any atom is -0.492 e. The molecule has 1 heterocycles. The molecule has 0 aliphatic heterocycles. The van der Waals surface area contributed by atoms with Crippen LogP contribution in [0.4, 0.5) is 17.1 Å². The van der Waals surface area contributed by atoms with Crippen LogP contribution in [0.3, 0.4) is 0 Å². The minimum absolute atomic E-state index is 0.233. The zero-order valence-electron chi connectivity index (χ0n) is 15.7. The fourth-order valence-electron chi connectivity index (χ4n) is 2.75. The van der Waals surface area contributed by atoms with Crippen LogP contribution in [0.1, 0.15) is 28.5 Å². The Hall–Kier alpha value is -3.34. The van der Waals surface area contributed by atoms with Gasteiger partial charge in [-0.3, -0.25) is 4.79 Å². The predicted molar refractivity (Wildman–Crippen MR) is 109 cm³/mol. The third kappa shape index (κ3) is 4.64. The molecule has 0 radical (unpaired) electrons. The second-order valence-electron chi connectivity index (χ2n) is 6.26. The Kier molecular flexibility index (Phi) is 5.71. The molecule has 0 bridgehead atoms. The highest BCUT2D eigenvalue weighted by molar-refractivity contribution is 6.03. The van der Waals surface area contributed by atoms with Gasteiger partial charge in [0.2, 0.25) is 0 Å². The third-order valence-corrected chi connectivity index (χ3v) is 4.09. The second-order valence-corrected chi connectivity index (χ2v) is 6.26. The number of carbonyl (C=O) groups is 1. The molecule has 0 aliphatic carbocycles. The van der Waals surface area contributed by atoms with Crippen molar-refractivity contribution < 1.29 is 9.53 Å². The van der Waals surface area contributed by atoms with E-state index in [0.717, 1.165) is 33.9 Å². The van der Waals surface area contributed by atoms with Gasteiger partial charge in [0.05, 0.1) is 24.2 Å². The van der Waals surface area contributed by atoms with Crippen molar-refractivity contribution in [1.29, 1.82) is 0 Å². The number of amides is 1. The zero-order chi connectivity index (χ0) is 19.2. The van der Waals surface area contributed by atoms with E-state index in [-0.39, 0.29) is 5.91 Å². The summed E-state index contributed by atoms with van der Waals surface area (Å²) < 4.78 is 5.61. The van der Waals surface area contributed by atoms with Gasteiger partial charge in [-0.15, -0.1) is 0 Å². The van der Waals surface area contributed by atoms with Gasteiger partial charge >= 0.3 is 0 Å². The van der Waals surface area contributed by atoms with E-state index in [1.165, 1.54) is 0 Å². The number of aromatic nitrogens is 1. The molecule has 0 unspecified atom stereocenters. The summed E-state index contributed by atoms with van der Waals surface area (Å²) in [5.41, 5.74) is 4.97. The van der Waals surface area contributed by atoms with E-state index in [2.05, 4.69) is 15.6 Å². The summed E-state index contributed by atoms with van der Waals surface area (Å²) >= 11 is 0. The molecule has 5 heteroatoms. The summed E-state index contributed by atoms with van der Waals surface area (Å²) in [7, 11) is 0. The molecule has 138 valence electrons. The lowest BCUT2D eigenvalue weighted by Crippen LogP contribution is -2.14. The summed E-state index contributed by atoms with van der Waals surface area (Å²) in [6.45, 7) is 6.53. The van der Waals surface area contributed by atoms with Crippen LogP contribution in [0, 0.1) is 13.8 Å². The van der Waals surface area contributed by atoms with Crippen LogP contribution < -0.4 is 15.4 Å². The number of hydrogen-bond donors (Lipinski definition) is 2. The molecule has 0 saturated heterocycles. The van der Waals surface area contributed by atoms with Crippen molar-refractivity contribution in [1.82, 2.24) is 4.98 Å². The maximum Gasteiger partial charge on any atom is 0.274 e. The third-order valence-electron chi connectivity index (χ3n) is 4.09. The van der Waals surface area contributed by atoms with Gasteiger partial charge in [0.1, 0.15) is 11.4 Å². The molecule has 2 aromatic carbocycles. The van der Waals surface area contributed by atoms with Crippen molar-refractivity contribution in [2.75, 3.05) is 17.2 Å². The fraction of sp³-hybridized carbons (Fsp3) is 0.182. The number of nitrogens with one attached hydrogen (secondary N) is 2. The predicted octanol–water partition coefficient (Wildman–Crippen LogP) is 5.09. The van der Waals surface area contributed by atoms with Gasteiger partial charge in [-0.2, -0.15) is 0 Å². The van der Waals surface area contributed by atoms with Crippen molar-refractivity contribution >= 4 is 23.0 Å². The van der Waals surface area contributed by atoms with Crippen LogP contribution in [0.15, 0.2) is 60.8 Å². The van der Waals surface area contributed by atoms with Crippen LogP contribution in [-0.4, -0.2) is 17.5 Å². The summed E-state index contributed by atoms with van der Waals surface area (Å²) in [5, 5.41) is 6.18. The van der Waals surface area contributed by atoms with E-state index in [9.17, 15) is 4.79 Å². The van der Waals surface area contributed by atoms with Gasteiger partial charge < -0.3 is 15.4 Å². The van der Waals surface area contributed by atoms with E-state index in [4.69, 9.17) is 4.74 Å². The second kappa shape index (κ2) is 8.36. The number of rotatable bonds is 6. The summed E-state index contributed by atoms with van der Waals surface area (Å²) in [6.07, 6.45) is 1.64. The van der Waals surface area contributed by atoms with Gasteiger partial charge in [0.15, 0.2) is 0 Å². The highest BCUT2D eigenvalue weighted by Gasteiger charge is 2.10. The number of anilines is 3. The quantitative estimate of drug-likeness (QED) is 0.642. The number of carbonyl (C=O) groups excluding carboxylic acids is 1. The maximum atomic E-state index is 12.4. The van der Waals surface area contributed by atoms with E-state index in [0.29, 0.717) is 12.3 Å². The molecular weight excluding hydrogens is 338 g/mol. The number of para-hydroxylation sites is 2. The molecule has 27 heavy (non-hydrogen) atoms. The molecule has 1 amide bonds. The Labute approximate surface area is 159 Å². The minimum atomic E-state index is -0.233. The summed E-state index contributed by atoms with van der Waals surface area (Å²) in [5.74, 6) is 0.542. The summed E-state index contributed by atoms with van der Waals surface area (Å²) in [6, 6.07) is 17.1. The first-order chi connectivity index (χ1) is 13.1. The molecule has 0 atom stereocenters. The first kappa shape index (κ1) is 18.5. The molecule has 0 saturated carbocycles. The summed E-state index contributed by atoms with van der Waals surface area (Å²) in [4.78, 5) is 16.7. The number of benzene rings is 2. The number of ether oxygens (including phenoxy) is 1. The number of hydrogen-bond acceptors (Lipinski definition) is 4. The highest BCUT2D eigenvalue weighted by atomic mass is 16.5. The topological polar surface area (TPSA) is 63.2 Å². The Morgan fingerprint density at radius 3 is 2.56 bits per heavy atom. The Bertz CT molecular complexity index is 937. The lowest BCUT2D eigenvalue weighted by Gasteiger charge is -2.12. The molecule has 0 aliphatic rings. The SMILES string of the molecule is CCOc1ccccc1Nc1ccc(C(=O)Nc2ccc(C)cc2C)nc1. The van der Waals surface area contributed by atoms with E-state index in [1.54, 1.807) is 12.3 Å². The fourth-order valence-corrected chi connectivity index (χ4v) is 2.75. The standard InChI is InChI=1S/C22H23N3O2/c1-4-27-21-8-6-5-7-19(21)24-17-10-12-20(23-14-17)22(26)25-18-11-9-15(2)13-16(18)3/h5-14,24H,4H2,1-3H3,(H,25,26). The molecule has 1 aromatic heterocycles. The van der Waals surface area contributed by atoms with Crippen LogP contribution in [0.5, 0.6) is 5.75 Å². The van der Waals surface area contributed by atoms with Crippen LogP contribution in [0.25, 0.3) is 0 Å². The maximum absolute atomic E-state index is 12.4. The van der Waals surface area contributed by atoms with Crippen molar-refractivity contribution in [3.05, 3.63) is 77.6 Å². The average Bonchev–Trinajstić information content (AvgIpc) is 2.66. The van der Waals surface area contributed by atoms with E-state index in [1.807, 2.05) is 69.3 Å². The molecule has 3 aromatic rings. The van der Waals surface area contributed by atoms with Crippen molar-refractivity contribution in [3.8, 4) is 5.75 Å². The van der Waals surface area contributed by atoms with Crippen molar-refractivity contribution in [2.45, 2.75) is 20.8 Å². The molecule has 5 nitrogen and oxygen atoms in total. The molecular formula is C22H23N3O2. The van der Waals surface area contributed by atoms with Gasteiger partial charge in [0.25, 0.3) is 5.91 Å². The first-order valence-electron chi connectivity index (χ1n) is 8.90. The normalized spacial score (nSPS) is 10.3. The Morgan fingerprint density at radius 2 is 1.85 bits per heavy atom. The van der Waals surface area contributed by atoms with Gasteiger partial charge in [-0.1, -0.05) is 29.8 Å². The molecule has 2 N–H and O–H groups in total. The van der Waals surface area contributed by atoms with Gasteiger partial charge in [-0.05, 0) is 56.7 Å². The van der Waals surface area contributed by atoms with Crippen molar-refractivity contribution in [2.24, 2.45) is 0 Å². The first-order valence-corrected chi connectivity index (χ1v) is 8.90. The zero-order valence-corrected chi connectivity index (χ0v) is 15.7. The van der Waals surface area contributed by atoms with Crippen LogP contribution in [0.2, 0.25) is 0 Å². The molecule has 0 spiro atoms. The van der Waals surface area contributed by atoms with Crippen molar-refractivity contribution in [3.63, 3.8) is 0 Å². The number of aryl methyl sites for hydroxylation is 2. The molecule has 0 fully saturated rings. The van der Waals surface area contributed by atoms with Crippen LogP contribution >= 0.6 is 0 Å². The number of nitrogens with zero attached hydrogens (tertiary/aromatic N) is 1. The lowest BCUT2D eigenvalue weighted by atomic mass is 10.1. The average molecular weight is 361 g/mol. The highest BCUT2D eigenvalue weighted by Crippen LogP contribution is 2.27. The van der Waals surface area contributed by atoms with Gasteiger partial charge in [-0.25, -0.2) is 4.98 Å². The largest absolute Gasteiger partial charge is 0.492 e. The monoisotopic (exact) mass is 361 g/mol. The van der Waals surface area contributed by atoms with Gasteiger partial charge in [0, 0.05) is 5.69 Å². The number of pyridine rings is 1. The van der Waals surface area contributed by atoms with E-state index < -0.39 is 0 Å².